The lowest BCUT2D eigenvalue weighted by Gasteiger charge is -2.26. The van der Waals surface area contributed by atoms with Gasteiger partial charge in [-0.15, -0.1) is 0 Å². The number of esters is 1. The highest BCUT2D eigenvalue weighted by Crippen LogP contribution is 2.37. The SMILES string of the molecule is COC(=O)CCN(CC(C)C)C(=O)CN1C(=O)C2CCCCC2C1=O. The minimum Gasteiger partial charge on any atom is -0.469 e. The van der Waals surface area contributed by atoms with Gasteiger partial charge in [0.25, 0.3) is 0 Å². The van der Waals surface area contributed by atoms with Crippen molar-refractivity contribution in [3.63, 3.8) is 0 Å². The minimum absolute atomic E-state index is 0.0993. The van der Waals surface area contributed by atoms with Crippen molar-refractivity contribution in [3.05, 3.63) is 0 Å². The van der Waals surface area contributed by atoms with Gasteiger partial charge < -0.3 is 9.64 Å². The number of fused-ring (bicyclic) bond motifs is 1. The Balaban J connectivity index is 2.02. The molecule has 7 nitrogen and oxygen atoms in total. The van der Waals surface area contributed by atoms with Crippen LogP contribution < -0.4 is 0 Å². The van der Waals surface area contributed by atoms with Gasteiger partial charge in [-0.3, -0.25) is 24.1 Å². The first-order chi connectivity index (χ1) is 11.8. The largest absolute Gasteiger partial charge is 0.469 e. The number of imide groups is 1. The van der Waals surface area contributed by atoms with Crippen LogP contribution in [0.15, 0.2) is 0 Å². The van der Waals surface area contributed by atoms with E-state index in [4.69, 9.17) is 0 Å². The second-order valence-electron chi connectivity index (χ2n) is 7.32. The Morgan fingerprint density at radius 2 is 1.72 bits per heavy atom. The maximum absolute atomic E-state index is 12.7. The smallest absolute Gasteiger partial charge is 0.307 e. The lowest BCUT2D eigenvalue weighted by molar-refractivity contribution is -0.148. The maximum atomic E-state index is 12.7. The highest BCUT2D eigenvalue weighted by Gasteiger charge is 2.48. The molecule has 3 amide bonds. The molecule has 1 saturated heterocycles. The van der Waals surface area contributed by atoms with Gasteiger partial charge in [0.2, 0.25) is 17.7 Å². The van der Waals surface area contributed by atoms with Crippen LogP contribution in [0.2, 0.25) is 0 Å². The van der Waals surface area contributed by atoms with Crippen molar-refractivity contribution >= 4 is 23.7 Å². The van der Waals surface area contributed by atoms with Crippen molar-refractivity contribution in [2.24, 2.45) is 17.8 Å². The van der Waals surface area contributed by atoms with E-state index >= 15 is 0 Å². The van der Waals surface area contributed by atoms with E-state index in [1.165, 1.54) is 7.11 Å². The summed E-state index contributed by atoms with van der Waals surface area (Å²) in [5.74, 6) is -1.38. The van der Waals surface area contributed by atoms with Gasteiger partial charge in [-0.1, -0.05) is 26.7 Å². The summed E-state index contributed by atoms with van der Waals surface area (Å²) in [6.45, 7) is 4.42. The molecule has 0 aromatic heterocycles. The van der Waals surface area contributed by atoms with E-state index in [1.807, 2.05) is 13.8 Å². The van der Waals surface area contributed by atoms with Crippen LogP contribution in [0, 0.1) is 17.8 Å². The van der Waals surface area contributed by atoms with Crippen LogP contribution in [0.4, 0.5) is 0 Å². The van der Waals surface area contributed by atoms with E-state index in [0.29, 0.717) is 6.54 Å². The quantitative estimate of drug-likeness (QED) is 0.508. The highest BCUT2D eigenvalue weighted by molar-refractivity contribution is 6.07. The molecule has 1 heterocycles. The molecule has 2 rings (SSSR count). The summed E-state index contributed by atoms with van der Waals surface area (Å²) in [6, 6.07) is 0. The fourth-order valence-corrected chi connectivity index (χ4v) is 3.71. The van der Waals surface area contributed by atoms with Crippen LogP contribution in [0.1, 0.15) is 46.0 Å². The minimum atomic E-state index is -0.388. The topological polar surface area (TPSA) is 84.0 Å². The number of rotatable bonds is 7. The average molecular weight is 352 g/mol. The zero-order chi connectivity index (χ0) is 18.6. The predicted molar refractivity (Wildman–Crippen MR) is 90.2 cm³/mol. The number of likely N-dealkylation sites (tertiary alicyclic amines) is 1. The molecule has 0 N–H and O–H groups in total. The van der Waals surface area contributed by atoms with Gasteiger partial charge in [-0.25, -0.2) is 0 Å². The Bertz CT molecular complexity index is 522. The van der Waals surface area contributed by atoms with Gasteiger partial charge in [0.1, 0.15) is 6.54 Å². The molecule has 0 aromatic carbocycles. The van der Waals surface area contributed by atoms with Crippen molar-refractivity contribution in [2.75, 3.05) is 26.7 Å². The third-order valence-corrected chi connectivity index (χ3v) is 4.98. The molecule has 0 spiro atoms. The van der Waals surface area contributed by atoms with Gasteiger partial charge in [0, 0.05) is 13.1 Å². The molecular weight excluding hydrogens is 324 g/mol. The van der Waals surface area contributed by atoms with Crippen molar-refractivity contribution in [1.82, 2.24) is 9.80 Å². The molecule has 2 atom stereocenters. The van der Waals surface area contributed by atoms with Gasteiger partial charge in [-0.05, 0) is 18.8 Å². The monoisotopic (exact) mass is 352 g/mol. The predicted octanol–water partition coefficient (Wildman–Crippen LogP) is 1.21. The number of carbonyl (C=O) groups excluding carboxylic acids is 4. The van der Waals surface area contributed by atoms with Crippen LogP contribution >= 0.6 is 0 Å². The van der Waals surface area contributed by atoms with Crippen molar-refractivity contribution in [1.29, 1.82) is 0 Å². The summed E-state index contributed by atoms with van der Waals surface area (Å²) in [7, 11) is 1.31. The Morgan fingerprint density at radius 1 is 1.16 bits per heavy atom. The van der Waals surface area contributed by atoms with E-state index in [0.717, 1.165) is 30.6 Å². The molecule has 2 aliphatic rings. The zero-order valence-electron chi connectivity index (χ0n) is 15.3. The number of carbonyl (C=O) groups is 4. The highest BCUT2D eigenvalue weighted by atomic mass is 16.5. The van der Waals surface area contributed by atoms with Gasteiger partial charge >= 0.3 is 5.97 Å². The molecule has 0 aromatic rings. The molecule has 1 aliphatic carbocycles. The maximum Gasteiger partial charge on any atom is 0.307 e. The van der Waals surface area contributed by atoms with Crippen molar-refractivity contribution in [2.45, 2.75) is 46.0 Å². The normalized spacial score (nSPS) is 23.0. The summed E-state index contributed by atoms with van der Waals surface area (Å²) in [5.41, 5.74) is 0. The fraction of sp³-hybridized carbons (Fsp3) is 0.778. The second kappa shape index (κ2) is 8.45. The standard InChI is InChI=1S/C18H28N2O5/c1-12(2)10-19(9-8-16(22)25-3)15(21)11-20-17(23)13-6-4-5-7-14(13)18(20)24/h12-14H,4-11H2,1-3H3. The van der Waals surface area contributed by atoms with Crippen LogP contribution in [0.5, 0.6) is 0 Å². The Kier molecular flexibility index (Phi) is 6.56. The molecule has 0 bridgehead atoms. The average Bonchev–Trinajstić information content (AvgIpc) is 2.83. The van der Waals surface area contributed by atoms with E-state index < -0.39 is 0 Å². The molecule has 140 valence electrons. The van der Waals surface area contributed by atoms with Crippen molar-refractivity contribution in [3.8, 4) is 0 Å². The van der Waals surface area contributed by atoms with Crippen LogP contribution in [-0.4, -0.2) is 60.2 Å². The second-order valence-corrected chi connectivity index (χ2v) is 7.32. The fourth-order valence-electron chi connectivity index (χ4n) is 3.71. The third kappa shape index (κ3) is 4.58. The van der Waals surface area contributed by atoms with Gasteiger partial charge in [0.15, 0.2) is 0 Å². The first-order valence-electron chi connectivity index (χ1n) is 9.05. The van der Waals surface area contributed by atoms with E-state index in [-0.39, 0.29) is 61.0 Å². The summed E-state index contributed by atoms with van der Waals surface area (Å²) in [6.07, 6.45) is 3.49. The molecule has 25 heavy (non-hydrogen) atoms. The molecular formula is C18H28N2O5. The van der Waals surface area contributed by atoms with E-state index in [9.17, 15) is 19.2 Å². The third-order valence-electron chi connectivity index (χ3n) is 4.98. The molecule has 2 unspecified atom stereocenters. The van der Waals surface area contributed by atoms with Crippen LogP contribution in [-0.2, 0) is 23.9 Å². The zero-order valence-corrected chi connectivity index (χ0v) is 15.3. The number of nitrogens with zero attached hydrogens (tertiary/aromatic N) is 2. The number of hydrogen-bond acceptors (Lipinski definition) is 5. The molecule has 1 aliphatic heterocycles. The van der Waals surface area contributed by atoms with Gasteiger partial charge in [-0.2, -0.15) is 0 Å². The number of ether oxygens (including phenoxy) is 1. The number of methoxy groups -OCH3 is 1. The Hall–Kier alpha value is -1.92. The van der Waals surface area contributed by atoms with Crippen molar-refractivity contribution < 1.29 is 23.9 Å². The summed E-state index contributed by atoms with van der Waals surface area (Å²) in [4.78, 5) is 51.7. The molecule has 1 saturated carbocycles. The Morgan fingerprint density at radius 3 is 2.20 bits per heavy atom. The summed E-state index contributed by atoms with van der Waals surface area (Å²) < 4.78 is 4.62. The summed E-state index contributed by atoms with van der Waals surface area (Å²) >= 11 is 0. The van der Waals surface area contributed by atoms with Gasteiger partial charge in [0.05, 0.1) is 25.4 Å². The molecule has 7 heteroatoms. The number of amides is 3. The van der Waals surface area contributed by atoms with Crippen LogP contribution in [0.25, 0.3) is 0 Å². The van der Waals surface area contributed by atoms with Crippen LogP contribution in [0.3, 0.4) is 0 Å². The lowest BCUT2D eigenvalue weighted by atomic mass is 9.81. The van der Waals surface area contributed by atoms with E-state index in [1.54, 1.807) is 4.90 Å². The first kappa shape index (κ1) is 19.4. The number of hydrogen-bond donors (Lipinski definition) is 0. The lowest BCUT2D eigenvalue weighted by Crippen LogP contribution is -2.45. The molecule has 2 fully saturated rings. The van der Waals surface area contributed by atoms with E-state index in [2.05, 4.69) is 4.74 Å². The first-order valence-corrected chi connectivity index (χ1v) is 9.05. The Labute approximate surface area is 148 Å². The molecule has 0 radical (unpaired) electrons. The summed E-state index contributed by atoms with van der Waals surface area (Å²) in [5, 5.41) is 0.